The van der Waals surface area contributed by atoms with E-state index in [-0.39, 0.29) is 0 Å². The second kappa shape index (κ2) is 15.4. The Bertz CT molecular complexity index is 3670. The Hall–Kier alpha value is -8.12. The molecule has 3 heterocycles. The van der Waals surface area contributed by atoms with E-state index in [0.29, 0.717) is 17.5 Å². The number of pyridine rings is 1. The molecule has 0 N–H and O–H groups in total. The molecule has 0 saturated heterocycles. The van der Waals surface area contributed by atoms with E-state index in [0.717, 1.165) is 66.7 Å². The van der Waals surface area contributed by atoms with E-state index in [9.17, 15) is 0 Å². The maximum Gasteiger partial charge on any atom is 0.164 e. The smallest absolute Gasteiger partial charge is 0.164 e. The fourth-order valence-corrected chi connectivity index (χ4v) is 10.0. The number of fused-ring (bicyclic) bond motifs is 6. The molecule has 12 rings (SSSR count). The van der Waals surface area contributed by atoms with Gasteiger partial charge in [0.25, 0.3) is 0 Å². The molecule has 12 aromatic rings. The van der Waals surface area contributed by atoms with Crippen molar-refractivity contribution in [1.29, 1.82) is 0 Å². The number of rotatable bonds is 7. The van der Waals surface area contributed by atoms with Gasteiger partial charge in [-0.2, -0.15) is 0 Å². The summed E-state index contributed by atoms with van der Waals surface area (Å²) in [7, 11) is 0. The van der Waals surface area contributed by atoms with E-state index >= 15 is 0 Å². The minimum Gasteiger partial charge on any atom is -0.246 e. The monoisotopic (exact) mass is 820 g/mol. The molecule has 0 saturated carbocycles. The Kier molecular flexibility index (Phi) is 8.98. The van der Waals surface area contributed by atoms with Crippen LogP contribution in [0, 0.1) is 0 Å². The van der Waals surface area contributed by atoms with Crippen LogP contribution in [-0.4, -0.2) is 19.9 Å². The first-order valence-corrected chi connectivity index (χ1v) is 21.9. The Morgan fingerprint density at radius 1 is 0.302 bits per heavy atom. The minimum absolute atomic E-state index is 0.624. The Balaban J connectivity index is 0.942. The highest BCUT2D eigenvalue weighted by molar-refractivity contribution is 7.26. The fourth-order valence-electron chi connectivity index (χ4n) is 8.79. The zero-order valence-electron chi connectivity index (χ0n) is 34.0. The first-order chi connectivity index (χ1) is 31.2. The summed E-state index contributed by atoms with van der Waals surface area (Å²) < 4.78 is 2.49. The molecule has 0 unspecified atom stereocenters. The molecule has 0 spiro atoms. The van der Waals surface area contributed by atoms with Crippen molar-refractivity contribution in [3.8, 4) is 78.8 Å². The van der Waals surface area contributed by atoms with E-state index < -0.39 is 0 Å². The fraction of sp³-hybridized carbons (Fsp3) is 0. The predicted octanol–water partition coefficient (Wildman–Crippen LogP) is 15.6. The van der Waals surface area contributed by atoms with Crippen molar-refractivity contribution in [3.05, 3.63) is 218 Å². The van der Waals surface area contributed by atoms with Gasteiger partial charge in [0, 0.05) is 43.1 Å². The zero-order chi connectivity index (χ0) is 41.7. The van der Waals surface area contributed by atoms with Crippen LogP contribution in [0.25, 0.3) is 121 Å². The summed E-state index contributed by atoms with van der Waals surface area (Å²) in [6, 6.07) is 76.9. The predicted molar refractivity (Wildman–Crippen MR) is 264 cm³/mol. The molecule has 294 valence electrons. The SMILES string of the molecule is c1ccc(-c2ccc(-c3nc(-c4ccccc4)nc(-c4cccc(-c5cccc(-c6ccc7c(c6)nc(-c6cccc8ccccc68)c6sc8ccccc8c67)c5)c4)n3)cc2)cc1. The van der Waals surface area contributed by atoms with Crippen LogP contribution < -0.4 is 0 Å². The van der Waals surface area contributed by atoms with Crippen LogP contribution in [0.3, 0.4) is 0 Å². The molecule has 0 aliphatic carbocycles. The van der Waals surface area contributed by atoms with Crippen molar-refractivity contribution in [2.24, 2.45) is 0 Å². The molecule has 0 aliphatic rings. The van der Waals surface area contributed by atoms with Gasteiger partial charge in [-0.05, 0) is 68.4 Å². The second-order valence-electron chi connectivity index (χ2n) is 15.8. The van der Waals surface area contributed by atoms with Gasteiger partial charge in [0.05, 0.1) is 15.9 Å². The average Bonchev–Trinajstić information content (AvgIpc) is 3.76. The van der Waals surface area contributed by atoms with E-state index in [1.54, 1.807) is 0 Å². The normalized spacial score (nSPS) is 11.5. The van der Waals surface area contributed by atoms with E-state index in [2.05, 4.69) is 182 Å². The van der Waals surface area contributed by atoms with Crippen LogP contribution >= 0.6 is 11.3 Å². The van der Waals surface area contributed by atoms with E-state index in [4.69, 9.17) is 19.9 Å². The first-order valence-electron chi connectivity index (χ1n) is 21.1. The molecule has 4 nitrogen and oxygen atoms in total. The number of benzene rings is 9. The number of aromatic nitrogens is 4. The summed E-state index contributed by atoms with van der Waals surface area (Å²) in [4.78, 5) is 20.6. The quantitative estimate of drug-likeness (QED) is 0.161. The van der Waals surface area contributed by atoms with Gasteiger partial charge < -0.3 is 0 Å². The molecule has 0 fully saturated rings. The van der Waals surface area contributed by atoms with Crippen LogP contribution in [0.4, 0.5) is 0 Å². The van der Waals surface area contributed by atoms with Crippen molar-refractivity contribution < 1.29 is 0 Å². The summed E-state index contributed by atoms with van der Waals surface area (Å²) in [5.74, 6) is 1.89. The molecule has 5 heteroatoms. The van der Waals surface area contributed by atoms with Crippen LogP contribution in [0.5, 0.6) is 0 Å². The lowest BCUT2D eigenvalue weighted by Gasteiger charge is -2.12. The highest BCUT2D eigenvalue weighted by Gasteiger charge is 2.19. The van der Waals surface area contributed by atoms with Gasteiger partial charge >= 0.3 is 0 Å². The van der Waals surface area contributed by atoms with Crippen LogP contribution in [-0.2, 0) is 0 Å². The summed E-state index contributed by atoms with van der Waals surface area (Å²) in [5.41, 5.74) is 12.7. The highest BCUT2D eigenvalue weighted by Crippen LogP contribution is 2.45. The number of thiophene rings is 1. The number of nitrogens with zero attached hydrogens (tertiary/aromatic N) is 4. The van der Waals surface area contributed by atoms with Gasteiger partial charge in [0.2, 0.25) is 0 Å². The largest absolute Gasteiger partial charge is 0.246 e. The van der Waals surface area contributed by atoms with Crippen molar-refractivity contribution in [1.82, 2.24) is 19.9 Å². The highest BCUT2D eigenvalue weighted by atomic mass is 32.1. The minimum atomic E-state index is 0.624. The molecule has 0 atom stereocenters. The number of hydrogen-bond acceptors (Lipinski definition) is 5. The second-order valence-corrected chi connectivity index (χ2v) is 16.9. The van der Waals surface area contributed by atoms with Gasteiger partial charge in [0.15, 0.2) is 17.5 Å². The first kappa shape index (κ1) is 36.7. The lowest BCUT2D eigenvalue weighted by atomic mass is 9.95. The van der Waals surface area contributed by atoms with Gasteiger partial charge in [0.1, 0.15) is 0 Å². The van der Waals surface area contributed by atoms with Crippen molar-refractivity contribution in [2.45, 2.75) is 0 Å². The lowest BCUT2D eigenvalue weighted by molar-refractivity contribution is 1.07. The molecule has 0 radical (unpaired) electrons. The van der Waals surface area contributed by atoms with Crippen molar-refractivity contribution in [2.75, 3.05) is 0 Å². The molecule has 3 aromatic heterocycles. The maximum atomic E-state index is 5.50. The molecular weight excluding hydrogens is 785 g/mol. The van der Waals surface area contributed by atoms with Gasteiger partial charge in [-0.3, -0.25) is 0 Å². The standard InChI is InChI=1S/C58H36N4S/c1-3-14-37(15-4-1)38-28-30-41(31-29-38)57-60-56(40-17-5-2-6-18-40)61-58(62-57)46-23-12-22-44(35-46)42-20-11-21-43(34-42)45-32-33-49-51(36-45)59-54(48-26-13-19-39-16-7-8-24-47(39)48)55-53(49)50-25-9-10-27-52(50)63-55/h1-36H. The number of hydrogen-bond donors (Lipinski definition) is 0. The van der Waals surface area contributed by atoms with Crippen LogP contribution in [0.2, 0.25) is 0 Å². The Morgan fingerprint density at radius 3 is 1.51 bits per heavy atom. The molecule has 9 aromatic carbocycles. The van der Waals surface area contributed by atoms with Crippen LogP contribution in [0.15, 0.2) is 218 Å². The van der Waals surface area contributed by atoms with Crippen LogP contribution in [0.1, 0.15) is 0 Å². The third-order valence-electron chi connectivity index (χ3n) is 11.9. The molecule has 0 aliphatic heterocycles. The topological polar surface area (TPSA) is 51.6 Å². The lowest BCUT2D eigenvalue weighted by Crippen LogP contribution is -2.00. The van der Waals surface area contributed by atoms with Crippen molar-refractivity contribution in [3.63, 3.8) is 0 Å². The Labute approximate surface area is 368 Å². The zero-order valence-corrected chi connectivity index (χ0v) is 34.8. The van der Waals surface area contributed by atoms with E-state index in [1.807, 2.05) is 47.7 Å². The molecule has 0 bridgehead atoms. The third-order valence-corrected chi connectivity index (χ3v) is 13.1. The molecule has 63 heavy (non-hydrogen) atoms. The summed E-state index contributed by atoms with van der Waals surface area (Å²) in [5, 5.41) is 6.11. The summed E-state index contributed by atoms with van der Waals surface area (Å²) in [6.45, 7) is 0. The maximum absolute atomic E-state index is 5.50. The summed E-state index contributed by atoms with van der Waals surface area (Å²) >= 11 is 1.83. The van der Waals surface area contributed by atoms with Crippen molar-refractivity contribution >= 4 is 53.2 Å². The Morgan fingerprint density at radius 2 is 0.778 bits per heavy atom. The third kappa shape index (κ3) is 6.72. The van der Waals surface area contributed by atoms with E-state index in [1.165, 1.54) is 36.5 Å². The van der Waals surface area contributed by atoms with Gasteiger partial charge in [-0.1, -0.05) is 194 Å². The summed E-state index contributed by atoms with van der Waals surface area (Å²) in [6.07, 6.45) is 0. The van der Waals surface area contributed by atoms with Gasteiger partial charge in [-0.25, -0.2) is 19.9 Å². The average molecular weight is 821 g/mol. The molecule has 0 amide bonds. The molecular formula is C58H36N4S. The van der Waals surface area contributed by atoms with Gasteiger partial charge in [-0.15, -0.1) is 11.3 Å².